The number of benzene rings is 9. The molecule has 0 heterocycles. The zero-order valence-corrected chi connectivity index (χ0v) is 39.9. The van der Waals surface area contributed by atoms with Crippen LogP contribution in [0.2, 0.25) is 0 Å². The highest BCUT2D eigenvalue weighted by molar-refractivity contribution is 6.02. The molecule has 2 unspecified atom stereocenters. The molecule has 0 radical (unpaired) electrons. The highest BCUT2D eigenvalue weighted by Gasteiger charge is 2.47. The van der Waals surface area contributed by atoms with Crippen molar-refractivity contribution in [3.8, 4) is 22.3 Å². The van der Waals surface area contributed by atoms with Crippen molar-refractivity contribution >= 4 is 60.8 Å². The number of rotatable bonds is 6. The lowest BCUT2D eigenvalue weighted by atomic mass is 9.72. The van der Waals surface area contributed by atoms with E-state index in [9.17, 15) is 0 Å². The first-order valence-electron chi connectivity index (χ1n) is 24.6. The van der Waals surface area contributed by atoms with Crippen molar-refractivity contribution in [2.75, 3.05) is 9.80 Å². The molecular weight excluding hydrogens is 821 g/mol. The van der Waals surface area contributed by atoms with Gasteiger partial charge in [-0.2, -0.15) is 0 Å². The van der Waals surface area contributed by atoms with E-state index in [1.54, 1.807) is 0 Å². The second-order valence-electron chi connectivity index (χ2n) is 21.0. The van der Waals surface area contributed by atoms with Crippen LogP contribution < -0.4 is 9.80 Å². The summed E-state index contributed by atoms with van der Waals surface area (Å²) in [4.78, 5) is 5.17. The van der Waals surface area contributed by atoms with Crippen molar-refractivity contribution < 1.29 is 0 Å². The summed E-state index contributed by atoms with van der Waals surface area (Å²) in [6.45, 7) is 14.7. The minimum absolute atomic E-state index is 0.219. The summed E-state index contributed by atoms with van der Waals surface area (Å²) in [5.74, 6) is 0.519. The van der Waals surface area contributed by atoms with E-state index in [2.05, 4.69) is 246 Å². The SMILES string of the molecule is Cc1cc(N(c2ccc3ccccc3c2)c2cccc3ccccc23)cc2c1-c1ccc3c(c1C2(C)C)C(C)(C)c1cc(N(c2cccc4ccccc24)C2C=CC4=CC=CCC4C2)cc(C)c1-3. The molecule has 9 aromatic rings. The Labute approximate surface area is 401 Å². The minimum Gasteiger partial charge on any atom is -0.334 e. The minimum atomic E-state index is -0.262. The highest BCUT2D eigenvalue weighted by Crippen LogP contribution is 2.61. The van der Waals surface area contributed by atoms with Gasteiger partial charge in [0.25, 0.3) is 0 Å². The number of anilines is 5. The van der Waals surface area contributed by atoms with Gasteiger partial charge in [-0.3, -0.25) is 0 Å². The molecule has 0 spiro atoms. The predicted octanol–water partition coefficient (Wildman–Crippen LogP) is 17.8. The molecule has 0 bridgehead atoms. The molecule has 0 saturated carbocycles. The fraction of sp³-hybridized carbons (Fsp3) is 0.182. The van der Waals surface area contributed by atoms with E-state index < -0.39 is 0 Å². The smallest absolute Gasteiger partial charge is 0.0540 e. The lowest BCUT2D eigenvalue weighted by molar-refractivity contribution is 0.516. The van der Waals surface area contributed by atoms with E-state index in [0.717, 1.165) is 18.5 Å². The molecule has 0 aromatic heterocycles. The molecule has 13 rings (SSSR count). The normalized spacial score (nSPS) is 17.9. The van der Waals surface area contributed by atoms with Gasteiger partial charge in [0.2, 0.25) is 0 Å². The molecular formula is C66H56N2. The average Bonchev–Trinajstić information content (AvgIpc) is 3.73. The maximum Gasteiger partial charge on any atom is 0.0540 e. The van der Waals surface area contributed by atoms with Gasteiger partial charge in [-0.25, -0.2) is 0 Å². The zero-order valence-electron chi connectivity index (χ0n) is 39.9. The van der Waals surface area contributed by atoms with E-state index in [0.29, 0.717) is 5.92 Å². The van der Waals surface area contributed by atoms with Gasteiger partial charge < -0.3 is 9.80 Å². The Morgan fingerprint density at radius 3 is 1.74 bits per heavy atom. The fourth-order valence-electron chi connectivity index (χ4n) is 13.1. The van der Waals surface area contributed by atoms with Crippen molar-refractivity contribution in [1.82, 2.24) is 0 Å². The van der Waals surface area contributed by atoms with Crippen LogP contribution in [0, 0.1) is 19.8 Å². The van der Waals surface area contributed by atoms with Gasteiger partial charge in [-0.15, -0.1) is 0 Å². The molecule has 0 fully saturated rings. The van der Waals surface area contributed by atoms with Gasteiger partial charge >= 0.3 is 0 Å². The van der Waals surface area contributed by atoms with Gasteiger partial charge in [0.1, 0.15) is 0 Å². The summed E-state index contributed by atoms with van der Waals surface area (Å²) >= 11 is 0. The molecule has 4 aliphatic rings. The van der Waals surface area contributed by atoms with Crippen LogP contribution >= 0.6 is 0 Å². The van der Waals surface area contributed by atoms with Crippen LogP contribution in [0.1, 0.15) is 73.9 Å². The molecule has 2 atom stereocenters. The Morgan fingerprint density at radius 1 is 0.500 bits per heavy atom. The molecule has 0 saturated heterocycles. The van der Waals surface area contributed by atoms with Gasteiger partial charge in [0.15, 0.2) is 0 Å². The topological polar surface area (TPSA) is 6.48 Å². The first kappa shape index (κ1) is 40.8. The summed E-state index contributed by atoms with van der Waals surface area (Å²) in [5, 5.41) is 7.52. The van der Waals surface area contributed by atoms with Crippen molar-refractivity contribution in [1.29, 1.82) is 0 Å². The second-order valence-corrected chi connectivity index (χ2v) is 21.0. The van der Waals surface area contributed by atoms with Crippen molar-refractivity contribution in [2.24, 2.45) is 5.92 Å². The van der Waals surface area contributed by atoms with Crippen LogP contribution in [0.15, 0.2) is 200 Å². The summed E-state index contributed by atoms with van der Waals surface area (Å²) in [6.07, 6.45) is 13.9. The van der Waals surface area contributed by atoms with Crippen molar-refractivity contribution in [3.05, 3.63) is 233 Å². The largest absolute Gasteiger partial charge is 0.334 e. The Kier molecular flexibility index (Phi) is 9.03. The third kappa shape index (κ3) is 6.02. The number of fused-ring (bicyclic) bond motifs is 11. The number of nitrogens with zero attached hydrogens (tertiary/aromatic N) is 2. The van der Waals surface area contributed by atoms with Crippen LogP contribution in [-0.4, -0.2) is 6.04 Å². The Hall–Kier alpha value is -7.42. The van der Waals surface area contributed by atoms with E-state index in [1.165, 1.54) is 116 Å². The monoisotopic (exact) mass is 876 g/mol. The Balaban J connectivity index is 0.960. The lowest BCUT2D eigenvalue weighted by Crippen LogP contribution is -2.34. The van der Waals surface area contributed by atoms with Gasteiger partial charge in [-0.05, 0) is 164 Å². The van der Waals surface area contributed by atoms with Crippen LogP contribution in [0.5, 0.6) is 0 Å². The van der Waals surface area contributed by atoms with Crippen molar-refractivity contribution in [2.45, 2.75) is 71.3 Å². The van der Waals surface area contributed by atoms with E-state index in [4.69, 9.17) is 0 Å². The second kappa shape index (κ2) is 15.0. The summed E-state index contributed by atoms with van der Waals surface area (Å²) < 4.78 is 0. The first-order chi connectivity index (χ1) is 33.1. The number of hydrogen-bond donors (Lipinski definition) is 0. The third-order valence-corrected chi connectivity index (χ3v) is 16.2. The maximum absolute atomic E-state index is 2.67. The predicted molar refractivity (Wildman–Crippen MR) is 290 cm³/mol. The molecule has 0 N–H and O–H groups in total. The molecule has 68 heavy (non-hydrogen) atoms. The Bertz CT molecular complexity index is 3680. The summed E-state index contributed by atoms with van der Waals surface area (Å²) in [6, 6.07) is 62.1. The third-order valence-electron chi connectivity index (χ3n) is 16.2. The lowest BCUT2D eigenvalue weighted by Gasteiger charge is -2.39. The standard InChI is InChI=1S/C66H56N2/c1-41-35-51(67(49-31-29-43-17-7-9-21-47(43)37-49)59-27-15-23-45-19-11-13-25-53(45)59)39-57-61(41)55-33-34-56-62-42(2)36-52(40-58(62)66(5,6)64(56)63(55)65(57,3)4)68(50-32-30-44-18-8-10-22-48(44)38-50)60-28-16-24-46-20-12-14-26-54(46)60/h7-21,23-37,39-40,48,50H,22,38H2,1-6H3. The van der Waals surface area contributed by atoms with Crippen LogP contribution in [0.3, 0.4) is 0 Å². The van der Waals surface area contributed by atoms with Gasteiger partial charge in [-0.1, -0.05) is 173 Å². The fourth-order valence-corrected chi connectivity index (χ4v) is 13.1. The van der Waals surface area contributed by atoms with Crippen molar-refractivity contribution in [3.63, 3.8) is 0 Å². The number of hydrogen-bond acceptors (Lipinski definition) is 2. The van der Waals surface area contributed by atoms with E-state index >= 15 is 0 Å². The molecule has 4 aliphatic carbocycles. The molecule has 0 amide bonds. The molecule has 2 heteroatoms. The summed E-state index contributed by atoms with van der Waals surface area (Å²) in [7, 11) is 0. The van der Waals surface area contributed by atoms with E-state index in [1.807, 2.05) is 0 Å². The average molecular weight is 877 g/mol. The highest BCUT2D eigenvalue weighted by atomic mass is 15.2. The number of allylic oxidation sites excluding steroid dienone is 5. The molecule has 2 nitrogen and oxygen atoms in total. The first-order valence-corrected chi connectivity index (χ1v) is 24.6. The molecule has 9 aromatic carbocycles. The Morgan fingerprint density at radius 2 is 1.06 bits per heavy atom. The van der Waals surface area contributed by atoms with Gasteiger partial charge in [0, 0.05) is 44.4 Å². The molecule has 0 aliphatic heterocycles. The maximum atomic E-state index is 2.67. The molecule has 330 valence electrons. The van der Waals surface area contributed by atoms with Gasteiger partial charge in [0.05, 0.1) is 11.7 Å². The van der Waals surface area contributed by atoms with Crippen LogP contribution in [0.4, 0.5) is 28.4 Å². The quantitative estimate of drug-likeness (QED) is 0.164. The van der Waals surface area contributed by atoms with Crippen LogP contribution in [-0.2, 0) is 10.8 Å². The van der Waals surface area contributed by atoms with Crippen LogP contribution in [0.25, 0.3) is 54.6 Å². The summed E-state index contributed by atoms with van der Waals surface area (Å²) in [5.41, 5.74) is 21.0. The zero-order chi connectivity index (χ0) is 46.1. The van der Waals surface area contributed by atoms with E-state index in [-0.39, 0.29) is 16.9 Å². The number of aryl methyl sites for hydroxylation is 2.